The number of hydrazine groups is 1. The standard InChI is InChI=1S/C20H28N2O2/c1-3-5-14-23-18-11-9-10-17(16-18)21-22-19-12-7-8-13-20(19)24-15-6-4-2/h7-13,16,21-22H,3-6,14-15H2,1-2H3. The zero-order chi connectivity index (χ0) is 17.0. The normalized spacial score (nSPS) is 10.2. The number of hydrogen-bond donors (Lipinski definition) is 2. The second kappa shape index (κ2) is 10.4. The molecule has 0 saturated carbocycles. The van der Waals surface area contributed by atoms with Gasteiger partial charge in [0.05, 0.1) is 24.6 Å². The van der Waals surface area contributed by atoms with Gasteiger partial charge >= 0.3 is 0 Å². The topological polar surface area (TPSA) is 42.5 Å². The summed E-state index contributed by atoms with van der Waals surface area (Å²) in [6, 6.07) is 15.9. The molecule has 0 aliphatic heterocycles. The molecule has 24 heavy (non-hydrogen) atoms. The Bertz CT molecular complexity index is 602. The van der Waals surface area contributed by atoms with Crippen LogP contribution in [0.2, 0.25) is 0 Å². The third kappa shape index (κ3) is 6.03. The predicted octanol–water partition coefficient (Wildman–Crippen LogP) is 5.48. The van der Waals surface area contributed by atoms with Crippen LogP contribution in [0.5, 0.6) is 11.5 Å². The van der Waals surface area contributed by atoms with Crippen LogP contribution >= 0.6 is 0 Å². The lowest BCUT2D eigenvalue weighted by atomic mass is 10.3. The lowest BCUT2D eigenvalue weighted by Crippen LogP contribution is -2.10. The molecule has 2 aromatic carbocycles. The van der Waals surface area contributed by atoms with Gasteiger partial charge in [0.25, 0.3) is 0 Å². The summed E-state index contributed by atoms with van der Waals surface area (Å²) < 4.78 is 11.6. The van der Waals surface area contributed by atoms with Gasteiger partial charge < -0.3 is 14.9 Å². The van der Waals surface area contributed by atoms with Crippen LogP contribution in [0.25, 0.3) is 0 Å². The summed E-state index contributed by atoms with van der Waals surface area (Å²) in [7, 11) is 0. The zero-order valence-electron chi connectivity index (χ0n) is 14.7. The molecule has 0 fully saturated rings. The first-order valence-electron chi connectivity index (χ1n) is 8.80. The zero-order valence-corrected chi connectivity index (χ0v) is 14.7. The lowest BCUT2D eigenvalue weighted by molar-refractivity contribution is 0.309. The molecule has 0 spiro atoms. The third-order valence-corrected chi connectivity index (χ3v) is 3.58. The van der Waals surface area contributed by atoms with Gasteiger partial charge in [-0.2, -0.15) is 0 Å². The summed E-state index contributed by atoms with van der Waals surface area (Å²) in [5.74, 6) is 1.73. The number of ether oxygens (including phenoxy) is 2. The van der Waals surface area contributed by atoms with Crippen LogP contribution in [0.15, 0.2) is 48.5 Å². The van der Waals surface area contributed by atoms with Gasteiger partial charge in [-0.1, -0.05) is 44.9 Å². The quantitative estimate of drug-likeness (QED) is 0.423. The molecule has 2 aromatic rings. The van der Waals surface area contributed by atoms with Crippen LogP contribution in [-0.4, -0.2) is 13.2 Å². The summed E-state index contributed by atoms with van der Waals surface area (Å²) in [6.45, 7) is 5.80. The van der Waals surface area contributed by atoms with E-state index in [9.17, 15) is 0 Å². The van der Waals surface area contributed by atoms with E-state index in [-0.39, 0.29) is 0 Å². The fourth-order valence-electron chi connectivity index (χ4n) is 2.16. The molecule has 0 heterocycles. The number of para-hydroxylation sites is 2. The molecule has 0 unspecified atom stereocenters. The largest absolute Gasteiger partial charge is 0.494 e. The van der Waals surface area contributed by atoms with Crippen molar-refractivity contribution < 1.29 is 9.47 Å². The van der Waals surface area contributed by atoms with Crippen molar-refractivity contribution in [2.24, 2.45) is 0 Å². The average molecular weight is 328 g/mol. The van der Waals surface area contributed by atoms with Gasteiger partial charge in [-0.3, -0.25) is 5.43 Å². The first-order valence-corrected chi connectivity index (χ1v) is 8.80. The third-order valence-electron chi connectivity index (χ3n) is 3.58. The monoisotopic (exact) mass is 328 g/mol. The van der Waals surface area contributed by atoms with Crippen molar-refractivity contribution in [2.45, 2.75) is 39.5 Å². The van der Waals surface area contributed by atoms with Gasteiger partial charge in [0.2, 0.25) is 0 Å². The molecule has 130 valence electrons. The van der Waals surface area contributed by atoms with E-state index in [2.05, 4.69) is 24.7 Å². The van der Waals surface area contributed by atoms with Crippen molar-refractivity contribution in [3.8, 4) is 11.5 Å². The second-order valence-corrected chi connectivity index (χ2v) is 5.68. The number of hydrogen-bond acceptors (Lipinski definition) is 4. The van der Waals surface area contributed by atoms with Crippen LogP contribution in [0.1, 0.15) is 39.5 Å². The van der Waals surface area contributed by atoms with Crippen molar-refractivity contribution in [1.29, 1.82) is 0 Å². The van der Waals surface area contributed by atoms with Crippen LogP contribution < -0.4 is 20.3 Å². The van der Waals surface area contributed by atoms with E-state index in [1.54, 1.807) is 0 Å². The molecular formula is C20H28N2O2. The van der Waals surface area contributed by atoms with Crippen molar-refractivity contribution in [3.63, 3.8) is 0 Å². The van der Waals surface area contributed by atoms with Gasteiger partial charge in [-0.15, -0.1) is 0 Å². The van der Waals surface area contributed by atoms with Crippen molar-refractivity contribution in [3.05, 3.63) is 48.5 Å². The highest BCUT2D eigenvalue weighted by atomic mass is 16.5. The van der Waals surface area contributed by atoms with E-state index in [1.807, 2.05) is 48.5 Å². The molecule has 2 rings (SSSR count). The van der Waals surface area contributed by atoms with Crippen LogP contribution in [-0.2, 0) is 0 Å². The van der Waals surface area contributed by atoms with Crippen molar-refractivity contribution in [1.82, 2.24) is 0 Å². The number of benzene rings is 2. The maximum absolute atomic E-state index is 5.83. The SMILES string of the molecule is CCCCOc1cccc(NNc2ccccc2OCCCC)c1. The minimum Gasteiger partial charge on any atom is -0.494 e. The minimum atomic E-state index is 0.732. The number of anilines is 2. The molecular weight excluding hydrogens is 300 g/mol. The molecule has 0 aliphatic rings. The Kier molecular flexibility index (Phi) is 7.81. The van der Waals surface area contributed by atoms with Gasteiger partial charge in [0.15, 0.2) is 0 Å². The summed E-state index contributed by atoms with van der Waals surface area (Å²) in [6.07, 6.45) is 4.38. The molecule has 4 heteroatoms. The van der Waals surface area contributed by atoms with Crippen LogP contribution in [0.4, 0.5) is 11.4 Å². The van der Waals surface area contributed by atoms with E-state index >= 15 is 0 Å². The lowest BCUT2D eigenvalue weighted by Gasteiger charge is -2.15. The highest BCUT2D eigenvalue weighted by Gasteiger charge is 2.03. The van der Waals surface area contributed by atoms with Crippen molar-refractivity contribution >= 4 is 11.4 Å². The fourth-order valence-corrected chi connectivity index (χ4v) is 2.16. The number of rotatable bonds is 11. The van der Waals surface area contributed by atoms with Crippen LogP contribution in [0.3, 0.4) is 0 Å². The van der Waals surface area contributed by atoms with Crippen LogP contribution in [0, 0.1) is 0 Å². The molecule has 0 amide bonds. The maximum Gasteiger partial charge on any atom is 0.144 e. The fraction of sp³-hybridized carbons (Fsp3) is 0.400. The van der Waals surface area contributed by atoms with Gasteiger partial charge in [0.1, 0.15) is 11.5 Å². The highest BCUT2D eigenvalue weighted by Crippen LogP contribution is 2.25. The van der Waals surface area contributed by atoms with E-state index in [1.165, 1.54) is 0 Å². The molecule has 0 bridgehead atoms. The summed E-state index contributed by atoms with van der Waals surface area (Å²) in [5.41, 5.74) is 8.31. The van der Waals surface area contributed by atoms with E-state index in [0.717, 1.165) is 61.8 Å². The Hall–Kier alpha value is -2.36. The van der Waals surface area contributed by atoms with Gasteiger partial charge in [0, 0.05) is 6.07 Å². The number of unbranched alkanes of at least 4 members (excludes halogenated alkanes) is 2. The Morgan fingerprint density at radius 2 is 1.54 bits per heavy atom. The van der Waals surface area contributed by atoms with Gasteiger partial charge in [-0.25, -0.2) is 0 Å². The maximum atomic E-state index is 5.83. The minimum absolute atomic E-state index is 0.732. The highest BCUT2D eigenvalue weighted by molar-refractivity contribution is 5.60. The predicted molar refractivity (Wildman–Crippen MR) is 101 cm³/mol. The molecule has 4 nitrogen and oxygen atoms in total. The Morgan fingerprint density at radius 1 is 0.792 bits per heavy atom. The summed E-state index contributed by atoms with van der Waals surface area (Å²) in [4.78, 5) is 0. The molecule has 0 saturated heterocycles. The number of nitrogens with one attached hydrogen (secondary N) is 2. The second-order valence-electron chi connectivity index (χ2n) is 5.68. The molecule has 0 atom stereocenters. The summed E-state index contributed by atoms with van der Waals surface area (Å²) in [5, 5.41) is 0. The molecule has 2 N–H and O–H groups in total. The van der Waals surface area contributed by atoms with E-state index in [4.69, 9.17) is 9.47 Å². The molecule has 0 aromatic heterocycles. The first kappa shape index (κ1) is 18.0. The van der Waals surface area contributed by atoms with Crippen molar-refractivity contribution in [2.75, 3.05) is 24.1 Å². The Labute approximate surface area is 145 Å². The Balaban J connectivity index is 1.92. The van der Waals surface area contributed by atoms with E-state index < -0.39 is 0 Å². The van der Waals surface area contributed by atoms with Gasteiger partial charge in [-0.05, 0) is 37.1 Å². The molecule has 0 aliphatic carbocycles. The first-order chi connectivity index (χ1) is 11.8. The summed E-state index contributed by atoms with van der Waals surface area (Å²) >= 11 is 0. The smallest absolute Gasteiger partial charge is 0.144 e. The molecule has 0 radical (unpaired) electrons. The average Bonchev–Trinajstić information content (AvgIpc) is 2.62. The van der Waals surface area contributed by atoms with E-state index in [0.29, 0.717) is 0 Å². The Morgan fingerprint density at radius 3 is 2.33 bits per heavy atom.